The number of aryl methyl sites for hydroxylation is 1. The van der Waals surface area contributed by atoms with Crippen molar-refractivity contribution in [1.29, 1.82) is 0 Å². The third-order valence-electron chi connectivity index (χ3n) is 6.43. The van der Waals surface area contributed by atoms with Crippen molar-refractivity contribution in [2.75, 3.05) is 11.0 Å². The van der Waals surface area contributed by atoms with Crippen molar-refractivity contribution in [3.8, 4) is 0 Å². The molecule has 7 heteroatoms. The van der Waals surface area contributed by atoms with Crippen LogP contribution in [0.15, 0.2) is 65.9 Å². The number of carbonyl (C=O) groups excluding carboxylic acids is 1. The van der Waals surface area contributed by atoms with E-state index in [0.717, 1.165) is 30.2 Å². The number of aliphatic hydroxyl groups excluding tert-OH is 1. The second-order valence-electron chi connectivity index (χ2n) is 10.6. The molecule has 0 aliphatic carbocycles. The molecule has 3 rings (SSSR count). The number of carbonyl (C=O) groups is 1. The first-order valence-electron chi connectivity index (χ1n) is 12.1. The summed E-state index contributed by atoms with van der Waals surface area (Å²) in [6.07, 6.45) is 4.23. The number of anilines is 1. The van der Waals surface area contributed by atoms with Crippen molar-refractivity contribution < 1.29 is 23.1 Å². The number of hydrogen-bond donors (Lipinski definition) is 2. The molecule has 1 aliphatic rings. The van der Waals surface area contributed by atoms with E-state index in [0.29, 0.717) is 18.5 Å². The lowest BCUT2D eigenvalue weighted by Crippen LogP contribution is -2.43. The molecule has 0 fully saturated rings. The summed E-state index contributed by atoms with van der Waals surface area (Å²) in [7, 11) is -3.46. The van der Waals surface area contributed by atoms with Gasteiger partial charge in [0.1, 0.15) is 11.4 Å². The largest absolute Gasteiger partial charge is 0.512 e. The maximum Gasteiger partial charge on any atom is 0.338 e. The lowest BCUT2D eigenvalue weighted by Gasteiger charge is -2.41. The molecule has 2 atom stereocenters. The normalized spacial score (nSPS) is 19.9. The smallest absolute Gasteiger partial charge is 0.338 e. The summed E-state index contributed by atoms with van der Waals surface area (Å²) in [6, 6.07) is 17.0. The molecule has 0 saturated carbocycles. The van der Waals surface area contributed by atoms with Crippen molar-refractivity contribution >= 4 is 21.7 Å². The highest BCUT2D eigenvalue weighted by Crippen LogP contribution is 2.47. The summed E-state index contributed by atoms with van der Waals surface area (Å²) < 4.78 is 32.1. The molecule has 0 unspecified atom stereocenters. The standard InChI is InChI=1S/C28H37NO5S/c1-6-16-28(17-15-20-11-8-7-9-12-20)19-23(30)24(26(31)34-28)25(27(2,3)4)21-13-10-14-22(18-21)29-35(5,32)33/h7-14,18,25,29-30H,6,15-17,19H2,1-5H3/t25-,28+/m0/s1. The number of cyclic esters (lactones) is 1. The molecule has 1 aliphatic heterocycles. The van der Waals surface area contributed by atoms with Gasteiger partial charge in [-0.2, -0.15) is 0 Å². The number of aliphatic hydroxyl groups is 1. The summed E-state index contributed by atoms with van der Waals surface area (Å²) in [4.78, 5) is 13.5. The van der Waals surface area contributed by atoms with E-state index in [1.807, 2.05) is 52.0 Å². The van der Waals surface area contributed by atoms with Crippen molar-refractivity contribution in [2.24, 2.45) is 5.41 Å². The van der Waals surface area contributed by atoms with Gasteiger partial charge in [-0.25, -0.2) is 13.2 Å². The van der Waals surface area contributed by atoms with Gasteiger partial charge in [-0.3, -0.25) is 4.72 Å². The first kappa shape index (κ1) is 26.8. The molecule has 6 nitrogen and oxygen atoms in total. The van der Waals surface area contributed by atoms with Gasteiger partial charge in [-0.15, -0.1) is 0 Å². The minimum Gasteiger partial charge on any atom is -0.512 e. The molecule has 2 aromatic rings. The number of esters is 1. The van der Waals surface area contributed by atoms with Crippen molar-refractivity contribution in [3.63, 3.8) is 0 Å². The van der Waals surface area contributed by atoms with Crippen LogP contribution in [0.2, 0.25) is 0 Å². The minimum absolute atomic E-state index is 0.0594. The monoisotopic (exact) mass is 499 g/mol. The Morgan fingerprint density at radius 2 is 1.77 bits per heavy atom. The highest BCUT2D eigenvalue weighted by atomic mass is 32.2. The molecule has 2 N–H and O–H groups in total. The average Bonchev–Trinajstić information content (AvgIpc) is 2.74. The summed E-state index contributed by atoms with van der Waals surface area (Å²) >= 11 is 0. The Bertz CT molecular complexity index is 1180. The van der Waals surface area contributed by atoms with Gasteiger partial charge < -0.3 is 9.84 Å². The Hall–Kier alpha value is -2.80. The lowest BCUT2D eigenvalue weighted by atomic mass is 9.70. The summed E-state index contributed by atoms with van der Waals surface area (Å²) in [5, 5.41) is 11.3. The predicted molar refractivity (Wildman–Crippen MR) is 140 cm³/mol. The molecule has 0 radical (unpaired) electrons. The zero-order valence-electron chi connectivity index (χ0n) is 21.3. The number of ether oxygens (including phenoxy) is 1. The number of sulfonamides is 1. The van der Waals surface area contributed by atoms with Crippen molar-refractivity contribution in [1.82, 2.24) is 0 Å². The molecule has 0 aromatic heterocycles. The van der Waals surface area contributed by atoms with Gasteiger partial charge in [0, 0.05) is 18.0 Å². The van der Waals surface area contributed by atoms with E-state index in [-0.39, 0.29) is 17.8 Å². The number of benzene rings is 2. The van der Waals surface area contributed by atoms with Gasteiger partial charge in [0.15, 0.2) is 0 Å². The average molecular weight is 500 g/mol. The first-order chi connectivity index (χ1) is 16.3. The van der Waals surface area contributed by atoms with Gasteiger partial charge in [0.05, 0.1) is 11.8 Å². The number of rotatable bonds is 9. The Balaban J connectivity index is 1.98. The van der Waals surface area contributed by atoms with Crippen LogP contribution in [0.4, 0.5) is 5.69 Å². The fraction of sp³-hybridized carbons (Fsp3) is 0.464. The minimum atomic E-state index is -3.46. The Kier molecular flexibility index (Phi) is 8.00. The topological polar surface area (TPSA) is 92.7 Å². The fourth-order valence-electron chi connectivity index (χ4n) is 5.06. The van der Waals surface area contributed by atoms with Crippen molar-refractivity contribution in [2.45, 2.75) is 71.3 Å². The Morgan fingerprint density at radius 3 is 2.34 bits per heavy atom. The maximum absolute atomic E-state index is 13.5. The fourth-order valence-corrected chi connectivity index (χ4v) is 5.62. The molecule has 0 bridgehead atoms. The SMILES string of the molecule is CCC[C@@]1(CCc2ccccc2)CC(O)=C([C@H](c2cccc(NS(C)(=O)=O)c2)C(C)(C)C)C(=O)O1. The molecular weight excluding hydrogens is 462 g/mol. The highest BCUT2D eigenvalue weighted by Gasteiger charge is 2.45. The van der Waals surface area contributed by atoms with E-state index in [1.165, 1.54) is 0 Å². The van der Waals surface area contributed by atoms with Crippen LogP contribution < -0.4 is 4.72 Å². The summed E-state index contributed by atoms with van der Waals surface area (Å²) in [5.41, 5.74) is 1.36. The van der Waals surface area contributed by atoms with Crippen molar-refractivity contribution in [3.05, 3.63) is 77.1 Å². The Labute approximate surface area is 209 Å². The third kappa shape index (κ3) is 6.88. The first-order valence-corrected chi connectivity index (χ1v) is 14.0. The van der Waals surface area contributed by atoms with Gasteiger partial charge >= 0.3 is 5.97 Å². The molecular formula is C28H37NO5S. The summed E-state index contributed by atoms with van der Waals surface area (Å²) in [5.74, 6) is -0.925. The predicted octanol–water partition coefficient (Wildman–Crippen LogP) is 6.12. The molecule has 190 valence electrons. The highest BCUT2D eigenvalue weighted by molar-refractivity contribution is 7.92. The lowest BCUT2D eigenvalue weighted by molar-refractivity contribution is -0.161. The number of nitrogens with one attached hydrogen (secondary N) is 1. The van der Waals surface area contributed by atoms with Gasteiger partial charge in [0.2, 0.25) is 10.0 Å². The second-order valence-corrected chi connectivity index (χ2v) is 12.4. The van der Waals surface area contributed by atoms with Gasteiger partial charge in [-0.1, -0.05) is 76.6 Å². The maximum atomic E-state index is 13.5. The van der Waals surface area contributed by atoms with E-state index in [1.54, 1.807) is 18.2 Å². The van der Waals surface area contributed by atoms with Crippen LogP contribution >= 0.6 is 0 Å². The molecule has 2 aromatic carbocycles. The zero-order chi connectivity index (χ0) is 25.9. The molecule has 0 spiro atoms. The molecule has 0 saturated heterocycles. The van der Waals surface area contributed by atoms with Crippen LogP contribution in [-0.2, 0) is 26.0 Å². The van der Waals surface area contributed by atoms with Crippen LogP contribution in [0, 0.1) is 5.41 Å². The third-order valence-corrected chi connectivity index (χ3v) is 7.03. The second kappa shape index (κ2) is 10.4. The quantitative estimate of drug-likeness (QED) is 0.406. The van der Waals surface area contributed by atoms with Crippen LogP contribution in [-0.4, -0.2) is 31.4 Å². The van der Waals surface area contributed by atoms with E-state index in [4.69, 9.17) is 4.74 Å². The van der Waals surface area contributed by atoms with Crippen LogP contribution in [0.1, 0.15) is 70.4 Å². The molecule has 35 heavy (non-hydrogen) atoms. The number of hydrogen-bond acceptors (Lipinski definition) is 5. The van der Waals surface area contributed by atoms with Crippen LogP contribution in [0.25, 0.3) is 0 Å². The van der Waals surface area contributed by atoms with E-state index < -0.39 is 32.9 Å². The van der Waals surface area contributed by atoms with Crippen LogP contribution in [0.3, 0.4) is 0 Å². The van der Waals surface area contributed by atoms with E-state index in [2.05, 4.69) is 16.9 Å². The van der Waals surface area contributed by atoms with Gasteiger partial charge in [0.25, 0.3) is 0 Å². The Morgan fingerprint density at radius 1 is 1.09 bits per heavy atom. The van der Waals surface area contributed by atoms with E-state index >= 15 is 0 Å². The zero-order valence-corrected chi connectivity index (χ0v) is 22.1. The van der Waals surface area contributed by atoms with Gasteiger partial charge in [-0.05, 0) is 47.9 Å². The van der Waals surface area contributed by atoms with Crippen LogP contribution in [0.5, 0.6) is 0 Å². The summed E-state index contributed by atoms with van der Waals surface area (Å²) in [6.45, 7) is 8.02. The molecule has 0 amide bonds. The molecule has 1 heterocycles. The van der Waals surface area contributed by atoms with E-state index in [9.17, 15) is 18.3 Å².